The second-order valence-electron chi connectivity index (χ2n) is 6.17. The molecule has 1 saturated heterocycles. The van der Waals surface area contributed by atoms with Gasteiger partial charge in [-0.1, -0.05) is 30.3 Å². The van der Waals surface area contributed by atoms with Gasteiger partial charge in [0.1, 0.15) is 10.6 Å². The summed E-state index contributed by atoms with van der Waals surface area (Å²) >= 11 is 1.52. The van der Waals surface area contributed by atoms with E-state index in [0.29, 0.717) is 16.5 Å². The monoisotopic (exact) mass is 344 g/mol. The summed E-state index contributed by atoms with van der Waals surface area (Å²) in [6.45, 7) is 2.68. The van der Waals surface area contributed by atoms with Crippen LogP contribution in [-0.4, -0.2) is 44.6 Å². The topological polar surface area (TPSA) is 41.6 Å². The average Bonchev–Trinajstić information content (AvgIpc) is 3.07. The van der Waals surface area contributed by atoms with Gasteiger partial charge in [-0.25, -0.2) is 0 Å². The van der Waals surface area contributed by atoms with E-state index >= 15 is 0 Å². The van der Waals surface area contributed by atoms with Crippen LogP contribution in [-0.2, 0) is 0 Å². The number of benzene rings is 1. The molecule has 0 radical (unpaired) electrons. The first-order valence-corrected chi connectivity index (χ1v) is 9.21. The largest absolute Gasteiger partial charge is 0.495 e. The van der Waals surface area contributed by atoms with E-state index in [1.54, 1.807) is 7.11 Å². The first kappa shape index (κ1) is 17.0. The number of hydrogen-bond acceptors (Lipinski definition) is 4. The lowest BCUT2D eigenvalue weighted by atomic mass is 9.97. The van der Waals surface area contributed by atoms with E-state index in [1.165, 1.54) is 11.3 Å². The molecule has 4 nitrogen and oxygen atoms in total. The minimum atomic E-state index is 0.0990. The summed E-state index contributed by atoms with van der Waals surface area (Å²) in [5, 5.41) is 3.23. The fraction of sp³-hybridized carbons (Fsp3) is 0.421. The molecule has 1 aromatic carbocycles. The predicted molar refractivity (Wildman–Crippen MR) is 98.9 cm³/mol. The Labute approximate surface area is 147 Å². The minimum Gasteiger partial charge on any atom is -0.495 e. The van der Waals surface area contributed by atoms with Crippen molar-refractivity contribution in [3.8, 4) is 16.2 Å². The minimum absolute atomic E-state index is 0.0990. The van der Waals surface area contributed by atoms with Crippen molar-refractivity contribution in [1.82, 2.24) is 10.2 Å². The van der Waals surface area contributed by atoms with E-state index in [1.807, 2.05) is 36.2 Å². The third-order valence-corrected chi connectivity index (χ3v) is 5.72. The normalized spacial score (nSPS) is 15.5. The molecule has 0 atom stereocenters. The van der Waals surface area contributed by atoms with Crippen LogP contribution >= 0.6 is 11.3 Å². The number of methoxy groups -OCH3 is 1. The Morgan fingerprint density at radius 1 is 1.29 bits per heavy atom. The van der Waals surface area contributed by atoms with Crippen molar-refractivity contribution in [3.05, 3.63) is 41.3 Å². The molecule has 5 heteroatoms. The lowest BCUT2D eigenvalue weighted by Crippen LogP contribution is -2.40. The summed E-state index contributed by atoms with van der Waals surface area (Å²) in [4.78, 5) is 16.7. The number of piperidine rings is 1. The number of amides is 1. The van der Waals surface area contributed by atoms with Gasteiger partial charge in [-0.05, 0) is 44.0 Å². The van der Waals surface area contributed by atoms with Crippen molar-refractivity contribution in [1.29, 1.82) is 0 Å². The van der Waals surface area contributed by atoms with Crippen molar-refractivity contribution in [3.63, 3.8) is 0 Å². The molecular formula is C19H24N2O2S. The molecule has 24 heavy (non-hydrogen) atoms. The molecule has 1 aromatic heterocycles. The van der Waals surface area contributed by atoms with Crippen LogP contribution in [0.1, 0.15) is 22.5 Å². The van der Waals surface area contributed by atoms with Crippen LogP contribution in [0.4, 0.5) is 0 Å². The van der Waals surface area contributed by atoms with Crippen LogP contribution in [0, 0.1) is 5.92 Å². The van der Waals surface area contributed by atoms with Gasteiger partial charge in [0.25, 0.3) is 5.91 Å². The van der Waals surface area contributed by atoms with Crippen LogP contribution in [0.3, 0.4) is 0 Å². The number of hydrogen-bond donors (Lipinski definition) is 1. The van der Waals surface area contributed by atoms with E-state index in [9.17, 15) is 4.79 Å². The summed E-state index contributed by atoms with van der Waals surface area (Å²) in [6, 6.07) is 12.1. The highest BCUT2D eigenvalue weighted by Gasteiger charge is 2.27. The van der Waals surface area contributed by atoms with E-state index in [0.717, 1.165) is 42.9 Å². The third kappa shape index (κ3) is 3.62. The molecule has 0 bridgehead atoms. The number of rotatable bonds is 5. The quantitative estimate of drug-likeness (QED) is 0.903. The lowest BCUT2D eigenvalue weighted by Gasteiger charge is -2.31. The van der Waals surface area contributed by atoms with Crippen molar-refractivity contribution < 1.29 is 9.53 Å². The van der Waals surface area contributed by atoms with Crippen LogP contribution in [0.5, 0.6) is 5.75 Å². The molecule has 0 saturated carbocycles. The SMILES string of the molecule is CNCC1CCN(C(=O)c2sc(-c3ccccc3)cc2OC)CC1. The number of carbonyl (C=O) groups is 1. The number of carbonyl (C=O) groups excluding carboxylic acids is 1. The Morgan fingerprint density at radius 3 is 2.62 bits per heavy atom. The van der Waals surface area contributed by atoms with E-state index in [4.69, 9.17) is 4.74 Å². The van der Waals surface area contributed by atoms with Crippen molar-refractivity contribution in [2.45, 2.75) is 12.8 Å². The van der Waals surface area contributed by atoms with E-state index < -0.39 is 0 Å². The zero-order valence-electron chi connectivity index (χ0n) is 14.2. The molecule has 2 heterocycles. The highest BCUT2D eigenvalue weighted by atomic mass is 32.1. The fourth-order valence-corrected chi connectivity index (χ4v) is 4.29. The maximum absolute atomic E-state index is 12.9. The summed E-state index contributed by atoms with van der Waals surface area (Å²) in [5.74, 6) is 1.45. The van der Waals surface area contributed by atoms with Crippen LogP contribution in [0.2, 0.25) is 0 Å². The number of thiophene rings is 1. The first-order valence-electron chi connectivity index (χ1n) is 8.40. The van der Waals surface area contributed by atoms with Gasteiger partial charge in [-0.2, -0.15) is 0 Å². The third-order valence-electron chi connectivity index (χ3n) is 4.57. The maximum atomic E-state index is 12.9. The van der Waals surface area contributed by atoms with Crippen molar-refractivity contribution >= 4 is 17.2 Å². The van der Waals surface area contributed by atoms with E-state index in [-0.39, 0.29) is 5.91 Å². The zero-order chi connectivity index (χ0) is 16.9. The summed E-state index contributed by atoms with van der Waals surface area (Å²) in [5.41, 5.74) is 1.12. The molecule has 0 unspecified atom stereocenters. The van der Waals surface area contributed by atoms with Crippen LogP contribution in [0.25, 0.3) is 10.4 Å². The molecule has 1 N–H and O–H groups in total. The second-order valence-corrected chi connectivity index (χ2v) is 7.22. The highest BCUT2D eigenvalue weighted by Crippen LogP contribution is 2.37. The second kappa shape index (κ2) is 7.81. The Kier molecular flexibility index (Phi) is 5.53. The number of ether oxygens (including phenoxy) is 1. The first-order chi connectivity index (χ1) is 11.7. The predicted octanol–water partition coefficient (Wildman–Crippen LogP) is 3.50. The zero-order valence-corrected chi connectivity index (χ0v) is 15.1. The fourth-order valence-electron chi connectivity index (χ4n) is 3.19. The Balaban J connectivity index is 1.77. The molecule has 1 fully saturated rings. The van der Waals surface area contributed by atoms with Crippen molar-refractivity contribution in [2.24, 2.45) is 5.92 Å². The van der Waals surface area contributed by atoms with Gasteiger partial charge in [0.05, 0.1) is 7.11 Å². The van der Waals surface area contributed by atoms with Crippen LogP contribution in [0.15, 0.2) is 36.4 Å². The van der Waals surface area contributed by atoms with Gasteiger partial charge in [0.15, 0.2) is 0 Å². The Bertz CT molecular complexity index is 676. The van der Waals surface area contributed by atoms with Gasteiger partial charge in [0.2, 0.25) is 0 Å². The molecule has 1 aliphatic rings. The highest BCUT2D eigenvalue weighted by molar-refractivity contribution is 7.17. The van der Waals surface area contributed by atoms with Crippen LogP contribution < -0.4 is 10.1 Å². The lowest BCUT2D eigenvalue weighted by molar-refractivity contribution is 0.0693. The molecule has 3 rings (SSSR count). The number of nitrogens with one attached hydrogen (secondary N) is 1. The van der Waals surface area contributed by atoms with Crippen molar-refractivity contribution in [2.75, 3.05) is 33.8 Å². The van der Waals surface area contributed by atoms with E-state index in [2.05, 4.69) is 17.4 Å². The smallest absolute Gasteiger partial charge is 0.267 e. The summed E-state index contributed by atoms with van der Waals surface area (Å²) < 4.78 is 5.47. The molecule has 1 amide bonds. The van der Waals surface area contributed by atoms with Gasteiger partial charge in [-0.15, -0.1) is 11.3 Å². The van der Waals surface area contributed by atoms with Gasteiger partial charge in [0, 0.05) is 18.0 Å². The molecular weight excluding hydrogens is 320 g/mol. The summed E-state index contributed by atoms with van der Waals surface area (Å²) in [7, 11) is 3.62. The van der Waals surface area contributed by atoms with Gasteiger partial charge >= 0.3 is 0 Å². The Hall–Kier alpha value is -1.85. The Morgan fingerprint density at radius 2 is 2.00 bits per heavy atom. The molecule has 2 aromatic rings. The molecule has 128 valence electrons. The molecule has 1 aliphatic heterocycles. The number of likely N-dealkylation sites (tertiary alicyclic amines) is 1. The maximum Gasteiger partial charge on any atom is 0.267 e. The summed E-state index contributed by atoms with van der Waals surface area (Å²) in [6.07, 6.45) is 2.12. The standard InChI is InChI=1S/C19H24N2O2S/c1-20-13-14-8-10-21(11-9-14)19(22)18-16(23-2)12-17(24-18)15-6-4-3-5-7-15/h3-7,12,14,20H,8-11,13H2,1-2H3. The molecule has 0 aliphatic carbocycles. The van der Waals surface area contributed by atoms with Gasteiger partial charge < -0.3 is 15.0 Å². The average molecular weight is 344 g/mol. The number of nitrogens with zero attached hydrogens (tertiary/aromatic N) is 1. The van der Waals surface area contributed by atoms with Gasteiger partial charge in [-0.3, -0.25) is 4.79 Å². The molecule has 0 spiro atoms.